The van der Waals surface area contributed by atoms with Crippen LogP contribution in [0.15, 0.2) is 47.2 Å². The average molecular weight is 287 g/mol. The van der Waals surface area contributed by atoms with Crippen LogP contribution in [0.5, 0.6) is 0 Å². The van der Waals surface area contributed by atoms with Gasteiger partial charge >= 0.3 is 5.97 Å². The van der Waals surface area contributed by atoms with Crippen molar-refractivity contribution in [3.8, 4) is 0 Å². The highest BCUT2D eigenvalue weighted by Gasteiger charge is 2.04. The number of carbonyl (C=O) groups is 2. The number of hydrogen-bond donors (Lipinski definition) is 2. The number of amides is 1. The number of thiophene rings is 1. The maximum absolute atomic E-state index is 11.7. The Hall–Kier alpha value is -2.40. The molecule has 0 aliphatic heterocycles. The minimum Gasteiger partial charge on any atom is -0.478 e. The van der Waals surface area contributed by atoms with E-state index in [1.165, 1.54) is 17.4 Å². The van der Waals surface area contributed by atoms with E-state index < -0.39 is 5.97 Å². The van der Waals surface area contributed by atoms with Gasteiger partial charge in [-0.25, -0.2) is 4.79 Å². The summed E-state index contributed by atoms with van der Waals surface area (Å²) in [4.78, 5) is 22.1. The van der Waals surface area contributed by atoms with Gasteiger partial charge in [0, 0.05) is 23.6 Å². The molecule has 0 atom stereocenters. The van der Waals surface area contributed by atoms with Gasteiger partial charge in [0.1, 0.15) is 0 Å². The SMILES string of the molecule is O=C(O)C=Cc1ccc(CNC(=O)c2ccsc2)cc1. The lowest BCUT2D eigenvalue weighted by atomic mass is 10.1. The molecule has 0 radical (unpaired) electrons. The first-order chi connectivity index (χ1) is 9.65. The highest BCUT2D eigenvalue weighted by Crippen LogP contribution is 2.08. The van der Waals surface area contributed by atoms with Crippen molar-refractivity contribution in [1.82, 2.24) is 5.32 Å². The molecule has 0 spiro atoms. The molecule has 1 aromatic carbocycles. The van der Waals surface area contributed by atoms with Crippen LogP contribution < -0.4 is 5.32 Å². The molecule has 1 amide bonds. The van der Waals surface area contributed by atoms with E-state index in [-0.39, 0.29) is 5.91 Å². The van der Waals surface area contributed by atoms with Crippen LogP contribution in [0.1, 0.15) is 21.5 Å². The van der Waals surface area contributed by atoms with Crippen molar-refractivity contribution in [3.05, 3.63) is 63.9 Å². The van der Waals surface area contributed by atoms with E-state index in [4.69, 9.17) is 5.11 Å². The summed E-state index contributed by atoms with van der Waals surface area (Å²) in [6.07, 6.45) is 2.61. The Morgan fingerprint density at radius 1 is 1.20 bits per heavy atom. The number of carbonyl (C=O) groups excluding carboxylic acids is 1. The van der Waals surface area contributed by atoms with Crippen LogP contribution in [0.4, 0.5) is 0 Å². The normalized spacial score (nSPS) is 10.6. The first-order valence-corrected chi connectivity index (χ1v) is 6.90. The minimum atomic E-state index is -0.975. The monoisotopic (exact) mass is 287 g/mol. The van der Waals surface area contributed by atoms with Gasteiger partial charge in [-0.15, -0.1) is 0 Å². The number of carboxylic acid groups (broad SMARTS) is 1. The molecule has 2 rings (SSSR count). The highest BCUT2D eigenvalue weighted by atomic mass is 32.1. The van der Waals surface area contributed by atoms with E-state index in [1.807, 2.05) is 29.6 Å². The van der Waals surface area contributed by atoms with E-state index in [0.717, 1.165) is 17.2 Å². The third-order valence-corrected chi connectivity index (χ3v) is 3.32. The van der Waals surface area contributed by atoms with E-state index in [0.29, 0.717) is 12.1 Å². The zero-order chi connectivity index (χ0) is 14.4. The standard InChI is InChI=1S/C15H13NO3S/c17-14(18)6-5-11-1-3-12(4-2-11)9-16-15(19)13-7-8-20-10-13/h1-8,10H,9H2,(H,16,19)(H,17,18). The molecule has 0 bridgehead atoms. The van der Waals surface area contributed by atoms with Gasteiger partial charge in [0.15, 0.2) is 0 Å². The maximum atomic E-state index is 11.7. The van der Waals surface area contributed by atoms with Gasteiger partial charge in [0.05, 0.1) is 0 Å². The average Bonchev–Trinajstić information content (AvgIpc) is 2.98. The molecule has 2 aromatic rings. The van der Waals surface area contributed by atoms with Gasteiger partial charge in [-0.2, -0.15) is 11.3 Å². The summed E-state index contributed by atoms with van der Waals surface area (Å²) in [7, 11) is 0. The summed E-state index contributed by atoms with van der Waals surface area (Å²) in [6.45, 7) is 0.442. The molecule has 1 heterocycles. The van der Waals surface area contributed by atoms with E-state index in [9.17, 15) is 9.59 Å². The fourth-order valence-corrected chi connectivity index (χ4v) is 2.23. The van der Waals surface area contributed by atoms with Gasteiger partial charge in [-0.3, -0.25) is 4.79 Å². The van der Waals surface area contributed by atoms with Crippen molar-refractivity contribution in [2.75, 3.05) is 0 Å². The zero-order valence-corrected chi connectivity index (χ0v) is 11.4. The first-order valence-electron chi connectivity index (χ1n) is 5.95. The second kappa shape index (κ2) is 6.68. The van der Waals surface area contributed by atoms with Crippen molar-refractivity contribution < 1.29 is 14.7 Å². The number of hydrogen-bond acceptors (Lipinski definition) is 3. The van der Waals surface area contributed by atoms with Crippen molar-refractivity contribution in [2.45, 2.75) is 6.54 Å². The van der Waals surface area contributed by atoms with Gasteiger partial charge in [0.2, 0.25) is 0 Å². The summed E-state index contributed by atoms with van der Waals surface area (Å²) >= 11 is 1.48. The Balaban J connectivity index is 1.91. The Morgan fingerprint density at radius 2 is 1.95 bits per heavy atom. The number of aliphatic carboxylic acids is 1. The Morgan fingerprint density at radius 3 is 2.55 bits per heavy atom. The van der Waals surface area contributed by atoms with Crippen LogP contribution in [0.2, 0.25) is 0 Å². The quantitative estimate of drug-likeness (QED) is 0.831. The van der Waals surface area contributed by atoms with Crippen molar-refractivity contribution in [1.29, 1.82) is 0 Å². The van der Waals surface area contributed by atoms with E-state index >= 15 is 0 Å². The van der Waals surface area contributed by atoms with Crippen LogP contribution in [0, 0.1) is 0 Å². The second-order valence-electron chi connectivity index (χ2n) is 4.11. The van der Waals surface area contributed by atoms with Gasteiger partial charge in [0.25, 0.3) is 5.91 Å². The van der Waals surface area contributed by atoms with E-state index in [1.54, 1.807) is 11.4 Å². The summed E-state index contributed by atoms with van der Waals surface area (Å²) in [5.41, 5.74) is 2.43. The summed E-state index contributed by atoms with van der Waals surface area (Å²) in [5.74, 6) is -1.07. The van der Waals surface area contributed by atoms with Gasteiger partial charge < -0.3 is 10.4 Å². The molecule has 0 unspecified atom stereocenters. The number of carboxylic acids is 1. The largest absolute Gasteiger partial charge is 0.478 e. The summed E-state index contributed by atoms with van der Waals surface area (Å²) < 4.78 is 0. The fraction of sp³-hybridized carbons (Fsp3) is 0.0667. The molecule has 2 N–H and O–H groups in total. The lowest BCUT2D eigenvalue weighted by Gasteiger charge is -2.04. The Labute approximate surface area is 120 Å². The molecule has 0 saturated carbocycles. The molecule has 0 fully saturated rings. The number of rotatable bonds is 5. The molecule has 0 aliphatic rings. The smallest absolute Gasteiger partial charge is 0.328 e. The number of benzene rings is 1. The minimum absolute atomic E-state index is 0.0962. The first kappa shape index (κ1) is 14.0. The molecule has 0 aliphatic carbocycles. The maximum Gasteiger partial charge on any atom is 0.328 e. The second-order valence-corrected chi connectivity index (χ2v) is 4.89. The van der Waals surface area contributed by atoms with Crippen LogP contribution in [-0.4, -0.2) is 17.0 Å². The summed E-state index contributed by atoms with van der Waals surface area (Å²) in [5, 5.41) is 15.0. The molecular formula is C15H13NO3S. The van der Waals surface area contributed by atoms with Crippen LogP contribution in [-0.2, 0) is 11.3 Å². The lowest BCUT2D eigenvalue weighted by molar-refractivity contribution is -0.131. The van der Waals surface area contributed by atoms with Gasteiger partial charge in [-0.1, -0.05) is 24.3 Å². The molecule has 0 saturated heterocycles. The Kier molecular flexibility index (Phi) is 4.68. The topological polar surface area (TPSA) is 66.4 Å². The molecule has 102 valence electrons. The summed E-state index contributed by atoms with van der Waals surface area (Å²) in [6, 6.07) is 9.11. The predicted octanol–water partition coefficient (Wildman–Crippen LogP) is 2.78. The van der Waals surface area contributed by atoms with Crippen LogP contribution >= 0.6 is 11.3 Å². The third kappa shape index (κ3) is 4.07. The molecule has 5 heteroatoms. The van der Waals surface area contributed by atoms with Crippen LogP contribution in [0.3, 0.4) is 0 Å². The van der Waals surface area contributed by atoms with Crippen molar-refractivity contribution >= 4 is 29.3 Å². The van der Waals surface area contributed by atoms with Crippen LogP contribution in [0.25, 0.3) is 6.08 Å². The lowest BCUT2D eigenvalue weighted by Crippen LogP contribution is -2.22. The predicted molar refractivity (Wildman–Crippen MR) is 78.6 cm³/mol. The highest BCUT2D eigenvalue weighted by molar-refractivity contribution is 7.08. The van der Waals surface area contributed by atoms with Gasteiger partial charge in [-0.05, 0) is 28.6 Å². The molecule has 4 nitrogen and oxygen atoms in total. The molecule has 1 aromatic heterocycles. The molecule has 20 heavy (non-hydrogen) atoms. The zero-order valence-electron chi connectivity index (χ0n) is 10.6. The molecular weight excluding hydrogens is 274 g/mol. The number of nitrogens with one attached hydrogen (secondary N) is 1. The fourth-order valence-electron chi connectivity index (χ4n) is 1.59. The Bertz CT molecular complexity index is 615. The third-order valence-electron chi connectivity index (χ3n) is 2.63. The van der Waals surface area contributed by atoms with E-state index in [2.05, 4.69) is 5.32 Å². The van der Waals surface area contributed by atoms with Crippen molar-refractivity contribution in [3.63, 3.8) is 0 Å². The van der Waals surface area contributed by atoms with Crippen molar-refractivity contribution in [2.24, 2.45) is 0 Å².